The summed E-state index contributed by atoms with van der Waals surface area (Å²) in [6.45, 7) is -1.42. The molecule has 0 spiro atoms. The van der Waals surface area contributed by atoms with Crippen LogP contribution in [0.25, 0.3) is 28.4 Å². The summed E-state index contributed by atoms with van der Waals surface area (Å²) in [5.41, 5.74) is -1.21. The number of aliphatic hydroxyl groups is 12. The van der Waals surface area contributed by atoms with Crippen LogP contribution < -0.4 is 14.9 Å². The largest absolute Gasteiger partial charge is 0.508 e. The highest BCUT2D eigenvalue weighted by atomic mass is 16.8. The first kappa shape index (κ1) is 55.6. The molecule has 1 aromatic heterocycles. The average molecular weight is 1060 g/mol. The summed E-state index contributed by atoms with van der Waals surface area (Å²) >= 11 is 0. The number of phenolic OH excluding ortho intramolecular Hbond substituents is 3. The van der Waals surface area contributed by atoms with Crippen molar-refractivity contribution in [3.63, 3.8) is 0 Å². The molecule has 3 aromatic carbocycles. The Morgan fingerprint density at radius 1 is 0.573 bits per heavy atom. The molecule has 0 aliphatic carbocycles. The van der Waals surface area contributed by atoms with Gasteiger partial charge in [-0.05, 0) is 55.0 Å². The number of benzene rings is 3. The van der Waals surface area contributed by atoms with Crippen LogP contribution in [0.3, 0.4) is 0 Å². The van der Waals surface area contributed by atoms with E-state index in [1.165, 1.54) is 61.5 Å². The molecule has 5 heterocycles. The predicted octanol–water partition coefficient (Wildman–Crippen LogP) is -4.13. The molecule has 0 bridgehead atoms. The lowest BCUT2D eigenvalue weighted by molar-refractivity contribution is -0.354. The fourth-order valence-electron chi connectivity index (χ4n) is 8.74. The zero-order valence-electron chi connectivity index (χ0n) is 39.2. The van der Waals surface area contributed by atoms with E-state index >= 15 is 0 Å². The second-order valence-electron chi connectivity index (χ2n) is 18.0. The Morgan fingerprint density at radius 2 is 1.09 bits per heavy atom. The first-order chi connectivity index (χ1) is 35.7. The molecule has 27 nitrogen and oxygen atoms in total. The number of hydrogen-bond acceptors (Lipinski definition) is 27. The lowest BCUT2D eigenvalue weighted by Crippen LogP contribution is -2.65. The molecule has 4 saturated heterocycles. The van der Waals surface area contributed by atoms with E-state index in [1.807, 2.05) is 0 Å². The third kappa shape index (κ3) is 11.6. The molecule has 0 radical (unpaired) electrons. The van der Waals surface area contributed by atoms with Gasteiger partial charge in [0.2, 0.25) is 23.8 Å². The molecule has 20 atom stereocenters. The number of phenols is 3. The lowest BCUT2D eigenvalue weighted by Gasteiger charge is -2.46. The summed E-state index contributed by atoms with van der Waals surface area (Å²) in [6.07, 6.45) is -34.2. The number of ether oxygens (including phenoxy) is 9. The highest BCUT2D eigenvalue weighted by molar-refractivity contribution is 5.89. The highest BCUT2D eigenvalue weighted by Crippen LogP contribution is 2.40. The lowest BCUT2D eigenvalue weighted by atomic mass is 9.96. The summed E-state index contributed by atoms with van der Waals surface area (Å²) in [7, 11) is 0. The Balaban J connectivity index is 1.17. The quantitative estimate of drug-likeness (QED) is 0.0397. The molecule has 0 saturated carbocycles. The number of rotatable bonds is 15. The van der Waals surface area contributed by atoms with Crippen LogP contribution in [0.5, 0.6) is 28.7 Å². The normalized spacial score (nSPS) is 36.3. The molecule has 15 N–H and O–H groups in total. The number of hydrogen-bond donors (Lipinski definition) is 15. The Morgan fingerprint density at radius 3 is 1.71 bits per heavy atom. The third-order valence-electron chi connectivity index (χ3n) is 12.9. The van der Waals surface area contributed by atoms with Crippen LogP contribution in [-0.2, 0) is 38.0 Å². The second kappa shape index (κ2) is 23.3. The number of aromatic hydroxyl groups is 3. The summed E-state index contributed by atoms with van der Waals surface area (Å²) in [6, 6.07) is 12.4. The summed E-state index contributed by atoms with van der Waals surface area (Å²) < 4.78 is 58.4. The molecule has 75 heavy (non-hydrogen) atoms. The van der Waals surface area contributed by atoms with E-state index in [0.717, 1.165) is 18.2 Å². The molecule has 27 heteroatoms. The minimum atomic E-state index is -2.05. The number of fused-ring (bicyclic) bond motifs is 1. The number of carbonyl (C=O) groups is 1. The molecular formula is C48H56O27. The van der Waals surface area contributed by atoms with Crippen molar-refractivity contribution < 1.29 is 128 Å². The van der Waals surface area contributed by atoms with Gasteiger partial charge in [-0.15, -0.1) is 0 Å². The minimum Gasteiger partial charge on any atom is -0.508 e. The Bertz CT molecular complexity index is 2660. The van der Waals surface area contributed by atoms with Gasteiger partial charge in [-0.3, -0.25) is 4.79 Å². The molecule has 4 fully saturated rings. The molecule has 0 unspecified atom stereocenters. The van der Waals surface area contributed by atoms with Crippen LogP contribution in [-0.4, -0.2) is 225 Å². The van der Waals surface area contributed by atoms with Crippen LogP contribution in [0.4, 0.5) is 0 Å². The van der Waals surface area contributed by atoms with Crippen molar-refractivity contribution in [1.82, 2.24) is 0 Å². The Labute approximate surface area is 422 Å². The van der Waals surface area contributed by atoms with Crippen molar-refractivity contribution >= 4 is 23.0 Å². The van der Waals surface area contributed by atoms with Gasteiger partial charge < -0.3 is 124 Å². The summed E-state index contributed by atoms with van der Waals surface area (Å²) in [5, 5.41) is 158. The van der Waals surface area contributed by atoms with Gasteiger partial charge in [0.25, 0.3) is 0 Å². The number of carbonyl (C=O) groups excluding carboxylic acids is 1. The summed E-state index contributed by atoms with van der Waals surface area (Å²) in [4.78, 5) is 28.2. The van der Waals surface area contributed by atoms with Gasteiger partial charge in [0.05, 0.1) is 25.9 Å². The van der Waals surface area contributed by atoms with Gasteiger partial charge >= 0.3 is 5.97 Å². The standard InChI is InChI=1S/C48H56O27/c1-17-30(56)35(61)38(64)45(66-17)75-43-37(63)32(58)26(15-50)70-47(43)74-42-34(60)29-23(54)12-22(13-24(29)68-40(42)19-5-9-21(53)10-6-19)67-48-44(72-28(55)11-4-18-2-7-20(52)8-3-18)41(33(59)27(16-51)71-48)73-46-39(65)36(62)31(57)25(14-49)69-46/h2-13,17,25-27,30-33,35-39,41,43-54,56-59,61-65H,14-16H2,1H3/b11-4-/t17-,25+,26+,27+,30-,31+,32+,33+,35-,36-,37-,38+,39+,41-,43+,44+,45-,46-,47-,48+/m0/s1. The molecule has 4 aliphatic heterocycles. The van der Waals surface area contributed by atoms with Crippen molar-refractivity contribution in [2.24, 2.45) is 0 Å². The van der Waals surface area contributed by atoms with Crippen LogP contribution >= 0.6 is 0 Å². The van der Waals surface area contributed by atoms with E-state index < -0.39 is 188 Å². The van der Waals surface area contributed by atoms with Gasteiger partial charge in [0.1, 0.15) is 113 Å². The SMILES string of the molecule is C[C@@H]1O[C@@H](O[C@H]2[C@H](Oc3c(-c4ccc(O)cc4)oc4cc(O[C@@H]5O[C@H](CO)[C@@H](O)[C@H](O[C@@H]6O[C@H](CO)[C@@H](O)[C@H](O)[C@H]6O)[C@H]5OC(=O)/C=C\c5ccc(O)cc5)cc(O)c4c3=O)O[C@H](CO)[C@@H](O)[C@@H]2O)[C@H](O)[C@@H](O)[C@H]1O. The van der Waals surface area contributed by atoms with E-state index in [1.54, 1.807) is 0 Å². The van der Waals surface area contributed by atoms with Crippen molar-refractivity contribution in [3.8, 4) is 40.1 Å². The highest BCUT2D eigenvalue weighted by Gasteiger charge is 2.54. The van der Waals surface area contributed by atoms with Crippen LogP contribution in [0.15, 0.2) is 76.0 Å². The number of aliphatic hydroxyl groups excluding tert-OH is 12. The second-order valence-corrected chi connectivity index (χ2v) is 18.0. The van der Waals surface area contributed by atoms with Crippen LogP contribution in [0, 0.1) is 0 Å². The molecule has 8 rings (SSSR count). The maximum Gasteiger partial charge on any atom is 0.331 e. The summed E-state index contributed by atoms with van der Waals surface area (Å²) in [5.74, 6) is -4.02. The monoisotopic (exact) mass is 1060 g/mol. The van der Waals surface area contributed by atoms with E-state index in [9.17, 15) is 86.2 Å². The van der Waals surface area contributed by atoms with Gasteiger partial charge in [-0.25, -0.2) is 4.79 Å². The van der Waals surface area contributed by atoms with Crippen LogP contribution in [0.2, 0.25) is 0 Å². The van der Waals surface area contributed by atoms with E-state index in [0.29, 0.717) is 5.56 Å². The Kier molecular flexibility index (Phi) is 17.3. The zero-order chi connectivity index (χ0) is 54.2. The maximum atomic E-state index is 14.7. The first-order valence-corrected chi connectivity index (χ1v) is 23.3. The molecule has 4 aliphatic rings. The zero-order valence-corrected chi connectivity index (χ0v) is 39.2. The van der Waals surface area contributed by atoms with E-state index in [-0.39, 0.29) is 17.1 Å². The Hall–Kier alpha value is -5.64. The van der Waals surface area contributed by atoms with E-state index in [2.05, 4.69) is 0 Å². The third-order valence-corrected chi connectivity index (χ3v) is 12.9. The number of esters is 1. The average Bonchev–Trinajstić information content (AvgIpc) is 3.39. The molecule has 0 amide bonds. The maximum absolute atomic E-state index is 14.7. The minimum absolute atomic E-state index is 0.00746. The predicted molar refractivity (Wildman–Crippen MR) is 245 cm³/mol. The van der Waals surface area contributed by atoms with Crippen molar-refractivity contribution in [3.05, 3.63) is 82.5 Å². The van der Waals surface area contributed by atoms with Gasteiger partial charge in [0.15, 0.2) is 30.5 Å². The first-order valence-electron chi connectivity index (χ1n) is 23.3. The van der Waals surface area contributed by atoms with Crippen LogP contribution in [0.1, 0.15) is 12.5 Å². The van der Waals surface area contributed by atoms with Gasteiger partial charge in [-0.1, -0.05) is 12.1 Å². The fourth-order valence-corrected chi connectivity index (χ4v) is 8.74. The fraction of sp³-hybridized carbons (Fsp3) is 0.500. The van der Waals surface area contributed by atoms with Gasteiger partial charge in [-0.2, -0.15) is 0 Å². The topological polar surface area (TPSA) is 434 Å². The molecular weight excluding hydrogens is 1010 g/mol. The smallest absolute Gasteiger partial charge is 0.331 e. The van der Waals surface area contributed by atoms with Gasteiger partial charge in [0, 0.05) is 23.8 Å². The van der Waals surface area contributed by atoms with E-state index in [4.69, 9.17) is 47.0 Å². The molecule has 410 valence electrons. The molecule has 4 aromatic rings. The van der Waals surface area contributed by atoms with Crippen molar-refractivity contribution in [2.45, 2.75) is 130 Å². The van der Waals surface area contributed by atoms with Crippen molar-refractivity contribution in [2.75, 3.05) is 19.8 Å². The van der Waals surface area contributed by atoms with Crippen molar-refractivity contribution in [1.29, 1.82) is 0 Å².